The van der Waals surface area contributed by atoms with Gasteiger partial charge in [-0.2, -0.15) is 4.31 Å². The van der Waals surface area contributed by atoms with Crippen molar-refractivity contribution >= 4 is 50.7 Å². The Labute approximate surface area is 198 Å². The van der Waals surface area contributed by atoms with E-state index >= 15 is 0 Å². The van der Waals surface area contributed by atoms with Gasteiger partial charge in [0.2, 0.25) is 21.8 Å². The van der Waals surface area contributed by atoms with E-state index in [4.69, 9.17) is 23.2 Å². The molecule has 2 amide bonds. The molecule has 1 aliphatic heterocycles. The summed E-state index contributed by atoms with van der Waals surface area (Å²) in [5, 5.41) is 2.96. The Hall–Kier alpha value is -2.13. The van der Waals surface area contributed by atoms with Gasteiger partial charge in [0, 0.05) is 30.3 Å². The maximum atomic E-state index is 12.9. The predicted molar refractivity (Wildman–Crippen MR) is 125 cm³/mol. The van der Waals surface area contributed by atoms with Crippen LogP contribution >= 0.6 is 23.2 Å². The van der Waals surface area contributed by atoms with Crippen LogP contribution in [0, 0.1) is 0 Å². The van der Waals surface area contributed by atoms with E-state index in [1.54, 1.807) is 31.2 Å². The molecule has 0 bridgehead atoms. The number of sulfonamides is 1. The van der Waals surface area contributed by atoms with Gasteiger partial charge in [0.05, 0.1) is 18.0 Å². The van der Waals surface area contributed by atoms with Crippen LogP contribution < -0.4 is 5.32 Å². The zero-order valence-electron chi connectivity index (χ0n) is 17.7. The zero-order chi connectivity index (χ0) is 23.3. The highest BCUT2D eigenvalue weighted by molar-refractivity contribution is 7.89. The molecule has 1 N–H and O–H groups in total. The monoisotopic (exact) mass is 497 g/mol. The Bertz CT molecular complexity index is 1080. The fourth-order valence-corrected chi connectivity index (χ4v) is 5.64. The van der Waals surface area contributed by atoms with Crippen molar-refractivity contribution in [2.75, 3.05) is 31.5 Å². The number of carbonyl (C=O) groups excluding carboxylic acids is 2. The van der Waals surface area contributed by atoms with Crippen molar-refractivity contribution in [2.24, 2.45) is 0 Å². The Morgan fingerprint density at radius 1 is 1.06 bits per heavy atom. The molecule has 2 aromatic carbocycles. The van der Waals surface area contributed by atoms with Crippen molar-refractivity contribution in [2.45, 2.75) is 31.1 Å². The Balaban J connectivity index is 1.62. The second-order valence-electron chi connectivity index (χ2n) is 7.52. The molecular weight excluding hydrogens is 473 g/mol. The average molecular weight is 498 g/mol. The molecular formula is C22H25Cl2N3O4S. The quantitative estimate of drug-likeness (QED) is 0.600. The fraction of sp³-hybridized carbons (Fsp3) is 0.364. The molecule has 10 heteroatoms. The summed E-state index contributed by atoms with van der Waals surface area (Å²) in [6, 6.07) is 11.1. The van der Waals surface area contributed by atoms with Crippen molar-refractivity contribution in [3.05, 3.63) is 58.1 Å². The van der Waals surface area contributed by atoms with Crippen LogP contribution in [-0.2, 0) is 26.0 Å². The summed E-state index contributed by atoms with van der Waals surface area (Å²) in [6.45, 7) is 2.96. The average Bonchev–Trinajstić information content (AvgIpc) is 3.30. The van der Waals surface area contributed by atoms with E-state index in [-0.39, 0.29) is 33.9 Å². The molecule has 0 spiro atoms. The number of rotatable bonds is 8. The number of hydrogen-bond donors (Lipinski definition) is 1. The van der Waals surface area contributed by atoms with E-state index in [1.165, 1.54) is 18.2 Å². The van der Waals surface area contributed by atoms with Gasteiger partial charge in [-0.05, 0) is 48.7 Å². The van der Waals surface area contributed by atoms with E-state index in [1.807, 2.05) is 4.90 Å². The van der Waals surface area contributed by atoms with Crippen molar-refractivity contribution in [3.63, 3.8) is 0 Å². The summed E-state index contributed by atoms with van der Waals surface area (Å²) in [6.07, 6.45) is 2.41. The van der Waals surface area contributed by atoms with E-state index in [0.29, 0.717) is 12.1 Å². The second-order valence-corrected chi connectivity index (χ2v) is 10.3. The van der Waals surface area contributed by atoms with Crippen LogP contribution in [0.5, 0.6) is 0 Å². The molecule has 0 aliphatic carbocycles. The number of benzene rings is 2. The number of hydrogen-bond acceptors (Lipinski definition) is 4. The highest BCUT2D eigenvalue weighted by atomic mass is 35.5. The van der Waals surface area contributed by atoms with Gasteiger partial charge in [-0.3, -0.25) is 9.59 Å². The standard InChI is InChI=1S/C22H25Cl2N3O4S/c1-2-27(32(30,31)20-14-17(23)7-10-19(20)24)15-21(28)25-18-8-5-16(6-9-18)13-22(29)26-11-3-4-12-26/h5-10,14H,2-4,11-13,15H2,1H3,(H,25,28). The lowest BCUT2D eigenvalue weighted by Crippen LogP contribution is -2.38. The van der Waals surface area contributed by atoms with Crippen LogP contribution in [0.25, 0.3) is 0 Å². The second kappa shape index (κ2) is 10.7. The Morgan fingerprint density at radius 2 is 1.72 bits per heavy atom. The van der Waals surface area contributed by atoms with Gasteiger partial charge in [-0.15, -0.1) is 0 Å². The van der Waals surface area contributed by atoms with Gasteiger partial charge < -0.3 is 10.2 Å². The molecule has 1 fully saturated rings. The van der Waals surface area contributed by atoms with E-state index in [0.717, 1.165) is 35.8 Å². The molecule has 3 rings (SSSR count). The fourth-order valence-electron chi connectivity index (χ4n) is 3.50. The predicted octanol–water partition coefficient (Wildman–Crippen LogP) is 3.81. The summed E-state index contributed by atoms with van der Waals surface area (Å²) in [7, 11) is -4.01. The first-order valence-corrected chi connectivity index (χ1v) is 12.5. The molecule has 1 aliphatic rings. The molecule has 0 unspecified atom stereocenters. The van der Waals surface area contributed by atoms with Crippen LogP contribution in [0.2, 0.25) is 10.0 Å². The maximum absolute atomic E-state index is 12.9. The highest BCUT2D eigenvalue weighted by Gasteiger charge is 2.28. The van der Waals surface area contributed by atoms with Crippen LogP contribution in [0.4, 0.5) is 5.69 Å². The summed E-state index contributed by atoms with van der Waals surface area (Å²) in [5.41, 5.74) is 1.37. The number of nitrogens with one attached hydrogen (secondary N) is 1. The third-order valence-electron chi connectivity index (χ3n) is 5.24. The van der Waals surface area contributed by atoms with E-state index in [2.05, 4.69) is 5.32 Å². The Kier molecular flexibility index (Phi) is 8.16. The van der Waals surface area contributed by atoms with Crippen LogP contribution in [0.3, 0.4) is 0 Å². The summed E-state index contributed by atoms with van der Waals surface area (Å²) in [4.78, 5) is 26.5. The molecule has 32 heavy (non-hydrogen) atoms. The van der Waals surface area contributed by atoms with Gasteiger partial charge in [0.1, 0.15) is 4.90 Å². The molecule has 7 nitrogen and oxygen atoms in total. The third-order valence-corrected chi connectivity index (χ3v) is 7.87. The molecule has 0 radical (unpaired) electrons. The van der Waals surface area contributed by atoms with Crippen molar-refractivity contribution in [3.8, 4) is 0 Å². The Morgan fingerprint density at radius 3 is 2.34 bits per heavy atom. The van der Waals surface area contributed by atoms with Crippen LogP contribution in [0.1, 0.15) is 25.3 Å². The largest absolute Gasteiger partial charge is 0.342 e. The molecule has 1 saturated heterocycles. The SMILES string of the molecule is CCN(CC(=O)Nc1ccc(CC(=O)N2CCCC2)cc1)S(=O)(=O)c1cc(Cl)ccc1Cl. The van der Waals surface area contributed by atoms with Gasteiger partial charge in [0.25, 0.3) is 0 Å². The molecule has 2 aromatic rings. The maximum Gasteiger partial charge on any atom is 0.245 e. The van der Waals surface area contributed by atoms with Crippen molar-refractivity contribution < 1.29 is 18.0 Å². The lowest BCUT2D eigenvalue weighted by atomic mass is 10.1. The topological polar surface area (TPSA) is 86.8 Å². The number of halogens is 2. The van der Waals surface area contributed by atoms with Crippen LogP contribution in [-0.4, -0.2) is 55.6 Å². The lowest BCUT2D eigenvalue weighted by Gasteiger charge is -2.21. The number of likely N-dealkylation sites (tertiary alicyclic amines) is 1. The minimum Gasteiger partial charge on any atom is -0.342 e. The number of nitrogens with zero attached hydrogens (tertiary/aromatic N) is 2. The third kappa shape index (κ3) is 6.01. The number of carbonyl (C=O) groups is 2. The smallest absolute Gasteiger partial charge is 0.245 e. The van der Waals surface area contributed by atoms with E-state index < -0.39 is 15.9 Å². The normalized spacial score (nSPS) is 14.1. The molecule has 0 atom stereocenters. The zero-order valence-corrected chi connectivity index (χ0v) is 20.0. The summed E-state index contributed by atoms with van der Waals surface area (Å²) < 4.78 is 26.9. The molecule has 0 saturated carbocycles. The number of anilines is 1. The van der Waals surface area contributed by atoms with Gasteiger partial charge in [0.15, 0.2) is 0 Å². The number of amides is 2. The van der Waals surface area contributed by atoms with Gasteiger partial charge >= 0.3 is 0 Å². The van der Waals surface area contributed by atoms with Crippen molar-refractivity contribution in [1.82, 2.24) is 9.21 Å². The molecule has 1 heterocycles. The number of likely N-dealkylation sites (N-methyl/N-ethyl adjacent to an activating group) is 1. The highest BCUT2D eigenvalue weighted by Crippen LogP contribution is 2.27. The minimum absolute atomic E-state index is 0.0346. The van der Waals surface area contributed by atoms with Gasteiger partial charge in [-0.25, -0.2) is 8.42 Å². The van der Waals surface area contributed by atoms with E-state index in [9.17, 15) is 18.0 Å². The van der Waals surface area contributed by atoms with Crippen LogP contribution in [0.15, 0.2) is 47.4 Å². The van der Waals surface area contributed by atoms with Crippen molar-refractivity contribution in [1.29, 1.82) is 0 Å². The molecule has 172 valence electrons. The first kappa shape index (κ1) is 24.5. The molecule has 0 aromatic heterocycles. The first-order valence-electron chi connectivity index (χ1n) is 10.3. The summed E-state index contributed by atoms with van der Waals surface area (Å²) in [5.74, 6) is -0.391. The minimum atomic E-state index is -4.01. The lowest BCUT2D eigenvalue weighted by molar-refractivity contribution is -0.129. The first-order chi connectivity index (χ1) is 15.2. The van der Waals surface area contributed by atoms with Gasteiger partial charge in [-0.1, -0.05) is 42.3 Å². The summed E-state index contributed by atoms with van der Waals surface area (Å²) >= 11 is 12.0.